The summed E-state index contributed by atoms with van der Waals surface area (Å²) in [4.78, 5) is 26.7. The lowest BCUT2D eigenvalue weighted by molar-refractivity contribution is -0.110. The van der Waals surface area contributed by atoms with Crippen LogP contribution in [0.5, 0.6) is 0 Å². The second-order valence-electron chi connectivity index (χ2n) is 9.15. The van der Waals surface area contributed by atoms with Gasteiger partial charge in [-0.3, -0.25) is 4.90 Å². The molecule has 6 nitrogen and oxygen atoms in total. The molecule has 2 aromatic carbocycles. The highest BCUT2D eigenvalue weighted by atomic mass is 19.1. The van der Waals surface area contributed by atoms with Crippen LogP contribution in [-0.2, 0) is 14.3 Å². The van der Waals surface area contributed by atoms with E-state index >= 15 is 0 Å². The molecular weight excluding hydrogens is 429 g/mol. The number of amides is 1. The Morgan fingerprint density at radius 3 is 2.55 bits per heavy atom. The predicted molar refractivity (Wildman–Crippen MR) is 122 cm³/mol. The van der Waals surface area contributed by atoms with Crippen molar-refractivity contribution >= 4 is 30.4 Å². The fourth-order valence-corrected chi connectivity index (χ4v) is 4.63. The minimum absolute atomic E-state index is 0.0208. The Hall–Kier alpha value is -2.94. The number of halogens is 2. The molecular formula is C24H25BF2N2O4. The Balaban J connectivity index is 1.30. The fourth-order valence-electron chi connectivity index (χ4n) is 4.63. The molecule has 3 aliphatic rings. The minimum Gasteiger partial charge on any atom is -0.445 e. The van der Waals surface area contributed by atoms with Gasteiger partial charge in [-0.25, -0.2) is 13.6 Å². The molecule has 0 N–H and O–H groups in total. The number of piperidine rings is 1. The molecule has 0 aromatic heterocycles. The van der Waals surface area contributed by atoms with Crippen LogP contribution in [0.25, 0.3) is 11.1 Å². The molecule has 3 aliphatic heterocycles. The lowest BCUT2D eigenvalue weighted by atomic mass is 9.69. The summed E-state index contributed by atoms with van der Waals surface area (Å²) in [6.45, 7) is 4.02. The number of hydrogen-bond acceptors (Lipinski definition) is 5. The molecule has 0 saturated carbocycles. The maximum absolute atomic E-state index is 15.0. The summed E-state index contributed by atoms with van der Waals surface area (Å²) in [5.41, 5.74) is 1.62. The van der Waals surface area contributed by atoms with E-state index in [1.807, 2.05) is 4.90 Å². The highest BCUT2D eigenvalue weighted by Gasteiger charge is 2.46. The van der Waals surface area contributed by atoms with Crippen molar-refractivity contribution in [3.63, 3.8) is 0 Å². The number of epoxide rings is 1. The average Bonchev–Trinajstić information content (AvgIpc) is 3.43. The number of hydrogen-bond donors (Lipinski definition) is 0. The summed E-state index contributed by atoms with van der Waals surface area (Å²) in [6.07, 6.45) is 1.25. The summed E-state index contributed by atoms with van der Waals surface area (Å²) in [6, 6.07) is 9.20. The maximum atomic E-state index is 15.0. The molecule has 9 heteroatoms. The van der Waals surface area contributed by atoms with E-state index in [2.05, 4.69) is 0 Å². The van der Waals surface area contributed by atoms with Crippen molar-refractivity contribution in [1.29, 1.82) is 0 Å². The zero-order chi connectivity index (χ0) is 23.2. The van der Waals surface area contributed by atoms with Gasteiger partial charge in [-0.05, 0) is 62.0 Å². The number of anilines is 2. The highest BCUT2D eigenvalue weighted by Crippen LogP contribution is 2.40. The fraction of sp³-hybridized carbons (Fsp3) is 0.417. The SMILES string of the molecule is CC(=O)BC[C@H]1CN(c2ccc(-c3ccc(N4CCC5(CC4)CO5)c(F)c3)c(F)c2)C(=O)O1. The number of ether oxygens (including phenoxy) is 2. The number of carbonyl (C=O) groups excluding carboxylic acids is 2. The van der Waals surface area contributed by atoms with Gasteiger partial charge in [-0.1, -0.05) is 6.07 Å². The zero-order valence-corrected chi connectivity index (χ0v) is 18.5. The van der Waals surface area contributed by atoms with E-state index in [1.165, 1.54) is 24.0 Å². The Morgan fingerprint density at radius 1 is 1.15 bits per heavy atom. The minimum atomic E-state index is -0.564. The van der Waals surface area contributed by atoms with Crippen molar-refractivity contribution in [2.75, 3.05) is 36.0 Å². The van der Waals surface area contributed by atoms with Gasteiger partial charge in [-0.2, -0.15) is 0 Å². The van der Waals surface area contributed by atoms with Gasteiger partial charge in [0.05, 0.1) is 35.8 Å². The predicted octanol–water partition coefficient (Wildman–Crippen LogP) is 3.73. The number of benzene rings is 2. The van der Waals surface area contributed by atoms with Crippen molar-refractivity contribution in [2.45, 2.75) is 37.8 Å². The molecule has 172 valence electrons. The molecule has 0 unspecified atom stereocenters. The number of carbonyl (C=O) groups is 2. The molecule has 5 rings (SSSR count). The Bertz CT molecular complexity index is 1100. The van der Waals surface area contributed by atoms with Crippen LogP contribution in [0.15, 0.2) is 36.4 Å². The number of cyclic esters (lactones) is 1. The second-order valence-corrected chi connectivity index (χ2v) is 9.15. The van der Waals surface area contributed by atoms with Gasteiger partial charge in [0.25, 0.3) is 0 Å². The molecule has 1 amide bonds. The van der Waals surface area contributed by atoms with Crippen LogP contribution in [0.3, 0.4) is 0 Å². The van der Waals surface area contributed by atoms with Gasteiger partial charge in [0.2, 0.25) is 7.28 Å². The van der Waals surface area contributed by atoms with Gasteiger partial charge in [-0.15, -0.1) is 0 Å². The first-order valence-corrected chi connectivity index (χ1v) is 11.3. The zero-order valence-electron chi connectivity index (χ0n) is 18.5. The van der Waals surface area contributed by atoms with Crippen LogP contribution in [-0.4, -0.2) is 57.0 Å². The first-order valence-electron chi connectivity index (χ1n) is 11.3. The third-order valence-corrected chi connectivity index (χ3v) is 6.78. The summed E-state index contributed by atoms with van der Waals surface area (Å²) in [7, 11) is 0.326. The van der Waals surface area contributed by atoms with Crippen molar-refractivity contribution in [1.82, 2.24) is 0 Å². The van der Waals surface area contributed by atoms with E-state index < -0.39 is 18.0 Å². The Morgan fingerprint density at radius 2 is 1.91 bits per heavy atom. The van der Waals surface area contributed by atoms with Gasteiger partial charge in [0.15, 0.2) is 0 Å². The summed E-state index contributed by atoms with van der Waals surface area (Å²) in [5, 5.41) is 0. The van der Waals surface area contributed by atoms with Gasteiger partial charge in [0, 0.05) is 18.7 Å². The lowest BCUT2D eigenvalue weighted by Crippen LogP contribution is -2.38. The average molecular weight is 454 g/mol. The van der Waals surface area contributed by atoms with Crippen LogP contribution in [0.1, 0.15) is 19.8 Å². The molecule has 33 heavy (non-hydrogen) atoms. The second kappa shape index (κ2) is 8.45. The van der Waals surface area contributed by atoms with Crippen LogP contribution in [0.4, 0.5) is 25.0 Å². The highest BCUT2D eigenvalue weighted by molar-refractivity contribution is 6.73. The topological polar surface area (TPSA) is 62.4 Å². The third kappa shape index (κ3) is 4.46. The van der Waals surface area contributed by atoms with Crippen LogP contribution in [0, 0.1) is 11.6 Å². The van der Waals surface area contributed by atoms with Gasteiger partial charge < -0.3 is 19.2 Å². The van der Waals surface area contributed by atoms with E-state index in [-0.39, 0.29) is 29.2 Å². The van der Waals surface area contributed by atoms with E-state index in [0.717, 1.165) is 32.5 Å². The van der Waals surface area contributed by atoms with Gasteiger partial charge in [0.1, 0.15) is 17.7 Å². The van der Waals surface area contributed by atoms with Crippen molar-refractivity contribution in [2.24, 2.45) is 0 Å². The standard InChI is InChI=1S/C24H25BF2N2O4/c1-15(30)25-12-18-13-29(23(31)33-18)17-3-4-19(20(26)11-17)16-2-5-22(21(27)10-16)28-8-6-24(7-9-28)14-32-24/h2-5,10-11,18,25H,6-9,12-14H2,1H3/t18-/m0/s1. The normalized spacial score (nSPS) is 21.3. The smallest absolute Gasteiger partial charge is 0.414 e. The van der Waals surface area contributed by atoms with E-state index in [0.29, 0.717) is 30.5 Å². The molecule has 0 bridgehead atoms. The maximum Gasteiger partial charge on any atom is 0.414 e. The van der Waals surface area contributed by atoms with Crippen LogP contribution >= 0.6 is 0 Å². The first-order chi connectivity index (χ1) is 15.8. The summed E-state index contributed by atoms with van der Waals surface area (Å²) >= 11 is 0. The molecule has 0 aliphatic carbocycles. The van der Waals surface area contributed by atoms with E-state index in [4.69, 9.17) is 9.47 Å². The number of nitrogens with zero attached hydrogens (tertiary/aromatic N) is 2. The molecule has 0 radical (unpaired) electrons. The van der Waals surface area contributed by atoms with E-state index in [1.54, 1.807) is 24.3 Å². The van der Waals surface area contributed by atoms with Crippen molar-refractivity contribution < 1.29 is 27.8 Å². The molecule has 1 spiro atoms. The molecule has 2 aromatic rings. The summed E-state index contributed by atoms with van der Waals surface area (Å²) < 4.78 is 40.7. The number of rotatable bonds is 6. The van der Waals surface area contributed by atoms with Crippen molar-refractivity contribution in [3.8, 4) is 11.1 Å². The Labute approximate surface area is 191 Å². The lowest BCUT2D eigenvalue weighted by Gasteiger charge is -2.32. The van der Waals surface area contributed by atoms with Crippen LogP contribution < -0.4 is 9.80 Å². The summed E-state index contributed by atoms with van der Waals surface area (Å²) in [5.74, 6) is -0.939. The third-order valence-electron chi connectivity index (χ3n) is 6.78. The molecule has 3 fully saturated rings. The van der Waals surface area contributed by atoms with Gasteiger partial charge >= 0.3 is 6.09 Å². The largest absolute Gasteiger partial charge is 0.445 e. The quantitative estimate of drug-likeness (QED) is 0.492. The molecule has 1 atom stereocenters. The van der Waals surface area contributed by atoms with Crippen LogP contribution in [0.2, 0.25) is 6.32 Å². The Kier molecular flexibility index (Phi) is 5.60. The van der Waals surface area contributed by atoms with Crippen molar-refractivity contribution in [3.05, 3.63) is 48.0 Å². The monoisotopic (exact) mass is 454 g/mol. The van der Waals surface area contributed by atoms with E-state index in [9.17, 15) is 18.4 Å². The molecule has 3 saturated heterocycles. The first kappa shape index (κ1) is 21.9. The molecule has 3 heterocycles.